The first-order chi connectivity index (χ1) is 12.7. The molecule has 0 spiro atoms. The van der Waals surface area contributed by atoms with Crippen molar-refractivity contribution in [3.05, 3.63) is 46.5 Å². The van der Waals surface area contributed by atoms with Gasteiger partial charge in [-0.2, -0.15) is 0 Å². The first-order valence-corrected chi connectivity index (χ1v) is 8.92. The predicted molar refractivity (Wildman–Crippen MR) is 91.8 cm³/mol. The Hall–Kier alpha value is -2.44. The number of rotatable bonds is 0. The Morgan fingerprint density at radius 1 is 1.04 bits per heavy atom. The lowest BCUT2D eigenvalue weighted by Gasteiger charge is -2.50. The number of hydrogen-bond donors (Lipinski definition) is 2. The van der Waals surface area contributed by atoms with Crippen LogP contribution in [0.1, 0.15) is 35.2 Å². The molecule has 0 fully saturated rings. The largest absolute Gasteiger partial charge is 0.454 e. The van der Waals surface area contributed by atoms with Crippen LogP contribution < -0.4 is 24.3 Å². The summed E-state index contributed by atoms with van der Waals surface area (Å²) in [6.45, 7) is 3.30. The van der Waals surface area contributed by atoms with E-state index in [-0.39, 0.29) is 19.6 Å². The Labute approximate surface area is 150 Å². The van der Waals surface area contributed by atoms with Crippen molar-refractivity contribution in [1.29, 1.82) is 0 Å². The fourth-order valence-corrected chi connectivity index (χ4v) is 4.95. The molecule has 0 saturated heterocycles. The van der Waals surface area contributed by atoms with Gasteiger partial charge in [-0.3, -0.25) is 0 Å². The van der Waals surface area contributed by atoms with Crippen molar-refractivity contribution in [2.45, 2.75) is 37.5 Å². The molecule has 3 aliphatic heterocycles. The second-order valence-electron chi connectivity index (χ2n) is 7.55. The third-order valence-corrected chi connectivity index (χ3v) is 6.36. The number of hydrogen-bond acceptors (Lipinski definition) is 6. The van der Waals surface area contributed by atoms with Crippen LogP contribution in [0.15, 0.2) is 24.3 Å². The van der Waals surface area contributed by atoms with Crippen LogP contribution in [0.4, 0.5) is 0 Å². The average Bonchev–Trinajstić information content (AvgIpc) is 3.29. The van der Waals surface area contributed by atoms with E-state index < -0.39 is 11.5 Å². The summed E-state index contributed by atoms with van der Waals surface area (Å²) in [6.07, 6.45) is 0.0569. The van der Waals surface area contributed by atoms with Crippen LogP contribution in [0.5, 0.6) is 23.0 Å². The minimum Gasteiger partial charge on any atom is -0.454 e. The molecule has 3 atom stereocenters. The van der Waals surface area contributed by atoms with Crippen molar-refractivity contribution in [3.63, 3.8) is 0 Å². The third-order valence-electron chi connectivity index (χ3n) is 6.36. The minimum atomic E-state index is -0.521. The quantitative estimate of drug-likeness (QED) is 0.757. The Bertz CT molecular complexity index is 942. The van der Waals surface area contributed by atoms with Crippen LogP contribution in [-0.2, 0) is 18.4 Å². The Balaban J connectivity index is 1.54. The fraction of sp³-hybridized carbons (Fsp3) is 0.400. The van der Waals surface area contributed by atoms with Crippen molar-refractivity contribution in [2.24, 2.45) is 0 Å². The van der Waals surface area contributed by atoms with E-state index in [1.807, 2.05) is 12.1 Å². The zero-order chi connectivity index (χ0) is 17.5. The topological polar surface area (TPSA) is 69.2 Å². The van der Waals surface area contributed by atoms with Gasteiger partial charge in [0, 0.05) is 23.6 Å². The maximum absolute atomic E-state index is 11.2. The summed E-state index contributed by atoms with van der Waals surface area (Å²) in [7, 11) is 0. The molecule has 2 aromatic rings. The van der Waals surface area contributed by atoms with Gasteiger partial charge in [-0.05, 0) is 41.3 Å². The van der Waals surface area contributed by atoms with Crippen molar-refractivity contribution >= 4 is 0 Å². The average molecular weight is 353 g/mol. The van der Waals surface area contributed by atoms with Crippen LogP contribution in [0, 0.1) is 0 Å². The van der Waals surface area contributed by atoms with Gasteiger partial charge in [0.05, 0.1) is 6.10 Å². The van der Waals surface area contributed by atoms with Crippen LogP contribution in [0.2, 0.25) is 0 Å². The lowest BCUT2D eigenvalue weighted by molar-refractivity contribution is 0.0463. The van der Waals surface area contributed by atoms with E-state index in [4.69, 9.17) is 18.9 Å². The van der Waals surface area contributed by atoms with E-state index in [1.54, 1.807) is 0 Å². The van der Waals surface area contributed by atoms with E-state index in [1.165, 1.54) is 5.56 Å². The molecule has 6 rings (SSSR count). The van der Waals surface area contributed by atoms with Gasteiger partial charge in [0.1, 0.15) is 0 Å². The minimum absolute atomic E-state index is 0.0105. The van der Waals surface area contributed by atoms with Crippen molar-refractivity contribution in [1.82, 2.24) is 5.32 Å². The maximum Gasteiger partial charge on any atom is 0.231 e. The number of benzene rings is 2. The third kappa shape index (κ3) is 1.68. The molecule has 2 aromatic carbocycles. The molecule has 3 heterocycles. The molecule has 6 heteroatoms. The van der Waals surface area contributed by atoms with Crippen LogP contribution in [-0.4, -0.2) is 24.8 Å². The summed E-state index contributed by atoms with van der Waals surface area (Å²) in [5.41, 5.74) is 4.03. The Morgan fingerprint density at radius 3 is 2.69 bits per heavy atom. The van der Waals surface area contributed by atoms with E-state index in [0.717, 1.165) is 39.7 Å². The summed E-state index contributed by atoms with van der Waals surface area (Å²) in [6, 6.07) is 8.10. The van der Waals surface area contributed by atoms with Gasteiger partial charge in [-0.15, -0.1) is 0 Å². The van der Waals surface area contributed by atoms with Gasteiger partial charge in [-0.25, -0.2) is 0 Å². The molecule has 4 aliphatic rings. The second kappa shape index (κ2) is 4.84. The number of aliphatic hydroxyl groups excluding tert-OH is 1. The highest BCUT2D eigenvalue weighted by molar-refractivity contribution is 5.59. The van der Waals surface area contributed by atoms with Gasteiger partial charge in [0.2, 0.25) is 13.6 Å². The van der Waals surface area contributed by atoms with E-state index >= 15 is 0 Å². The number of fused-ring (bicyclic) bond motifs is 8. The lowest BCUT2D eigenvalue weighted by atomic mass is 9.61. The highest BCUT2D eigenvalue weighted by atomic mass is 16.7. The summed E-state index contributed by atoms with van der Waals surface area (Å²) >= 11 is 0. The zero-order valence-corrected chi connectivity index (χ0v) is 14.4. The van der Waals surface area contributed by atoms with E-state index in [0.29, 0.717) is 13.0 Å². The molecule has 2 N–H and O–H groups in total. The number of aliphatic hydroxyl groups is 1. The number of nitrogens with one attached hydrogen (secondary N) is 1. The first-order valence-electron chi connectivity index (χ1n) is 8.92. The normalized spacial score (nSPS) is 29.8. The molecule has 0 saturated carbocycles. The molecule has 26 heavy (non-hydrogen) atoms. The molecule has 6 nitrogen and oxygen atoms in total. The highest BCUT2D eigenvalue weighted by Gasteiger charge is 2.51. The maximum atomic E-state index is 11.2. The van der Waals surface area contributed by atoms with Crippen LogP contribution in [0.25, 0.3) is 0 Å². The smallest absolute Gasteiger partial charge is 0.231 e. The van der Waals surface area contributed by atoms with Gasteiger partial charge in [0.25, 0.3) is 0 Å². The van der Waals surface area contributed by atoms with Crippen molar-refractivity contribution < 1.29 is 24.1 Å². The van der Waals surface area contributed by atoms with Crippen molar-refractivity contribution in [3.8, 4) is 23.0 Å². The van der Waals surface area contributed by atoms with E-state index in [2.05, 4.69) is 24.4 Å². The van der Waals surface area contributed by atoms with Crippen LogP contribution >= 0.6 is 0 Å². The summed E-state index contributed by atoms with van der Waals surface area (Å²) < 4.78 is 22.3. The van der Waals surface area contributed by atoms with E-state index in [9.17, 15) is 5.11 Å². The van der Waals surface area contributed by atoms with Gasteiger partial charge in [0.15, 0.2) is 23.0 Å². The Kier molecular flexibility index (Phi) is 2.74. The first kappa shape index (κ1) is 14.7. The van der Waals surface area contributed by atoms with Crippen LogP contribution in [0.3, 0.4) is 0 Å². The summed E-state index contributed by atoms with van der Waals surface area (Å²) in [5.74, 6) is 3.12. The van der Waals surface area contributed by atoms with Gasteiger partial charge < -0.3 is 29.4 Å². The molecule has 0 bridgehead atoms. The monoisotopic (exact) mass is 353 g/mol. The van der Waals surface area contributed by atoms with Gasteiger partial charge in [-0.1, -0.05) is 13.0 Å². The molecular weight excluding hydrogens is 334 g/mol. The molecular formula is C20H19NO5. The second-order valence-corrected chi connectivity index (χ2v) is 7.55. The van der Waals surface area contributed by atoms with Gasteiger partial charge >= 0.3 is 0 Å². The predicted octanol–water partition coefficient (Wildman–Crippen LogP) is 2.16. The molecule has 0 aromatic heterocycles. The standard InChI is InChI=1S/C20H19NO5/c1-20-13-2-3-14-18(26-9-23-14)12(13)7-21-19(20)11-6-16-15(24-8-25-16)4-10(11)5-17(20)22/h2-4,6,17,19,21-22H,5,7-9H2,1H3. The molecule has 0 radical (unpaired) electrons. The molecule has 1 aliphatic carbocycles. The lowest BCUT2D eigenvalue weighted by Crippen LogP contribution is -2.54. The Morgan fingerprint density at radius 2 is 1.81 bits per heavy atom. The summed E-state index contributed by atoms with van der Waals surface area (Å²) in [4.78, 5) is 0. The molecule has 0 amide bonds. The van der Waals surface area contributed by atoms with Crippen molar-refractivity contribution in [2.75, 3.05) is 13.6 Å². The summed E-state index contributed by atoms with van der Waals surface area (Å²) in [5, 5.41) is 14.8. The number of ether oxygens (including phenoxy) is 4. The molecule has 3 unspecified atom stereocenters. The molecule has 134 valence electrons. The highest BCUT2D eigenvalue weighted by Crippen LogP contribution is 2.54. The SMILES string of the molecule is CC12c3ccc4c(c3CNC1c1cc3c(cc1CC2O)OCO3)OCO4. The zero-order valence-electron chi connectivity index (χ0n) is 14.4. The fourth-order valence-electron chi connectivity index (χ4n) is 4.95.